The molecule has 0 unspecified atom stereocenters. The van der Waals surface area contributed by atoms with Crippen molar-refractivity contribution in [3.8, 4) is 0 Å². The quantitative estimate of drug-likeness (QED) is 0.689. The zero-order chi connectivity index (χ0) is 19.8. The summed E-state index contributed by atoms with van der Waals surface area (Å²) >= 11 is 0. The van der Waals surface area contributed by atoms with Gasteiger partial charge in [0, 0.05) is 30.5 Å². The van der Waals surface area contributed by atoms with Gasteiger partial charge in [-0.3, -0.25) is 9.59 Å². The Hall–Kier alpha value is -2.53. The maximum absolute atomic E-state index is 12.9. The van der Waals surface area contributed by atoms with Crippen LogP contribution in [0.1, 0.15) is 53.6 Å². The third-order valence-electron chi connectivity index (χ3n) is 5.27. The second-order valence-corrected chi connectivity index (χ2v) is 7.51. The Morgan fingerprint density at radius 1 is 0.857 bits per heavy atom. The Morgan fingerprint density at radius 2 is 1.50 bits per heavy atom. The molecule has 0 saturated carbocycles. The summed E-state index contributed by atoms with van der Waals surface area (Å²) in [5, 5.41) is 2.86. The largest absolute Gasteiger partial charge is 0.352 e. The van der Waals surface area contributed by atoms with Crippen molar-refractivity contribution in [2.24, 2.45) is 0 Å². The van der Waals surface area contributed by atoms with E-state index in [2.05, 4.69) is 29.6 Å². The van der Waals surface area contributed by atoms with E-state index in [1.165, 1.54) is 62.2 Å². The van der Waals surface area contributed by atoms with Crippen molar-refractivity contribution in [1.29, 1.82) is 0 Å². The first kappa shape index (κ1) is 20.2. The molecule has 4 nitrogen and oxygen atoms in total. The number of hydrogen-bond donors (Lipinski definition) is 2. The second-order valence-electron chi connectivity index (χ2n) is 7.51. The molecule has 3 rings (SSSR count). The Kier molecular flexibility index (Phi) is 7.31. The molecule has 148 valence electrons. The molecular weight excluding hydrogens is 355 g/mol. The van der Waals surface area contributed by atoms with E-state index in [0.29, 0.717) is 12.1 Å². The molecule has 2 aromatic rings. The molecule has 28 heavy (non-hydrogen) atoms. The summed E-state index contributed by atoms with van der Waals surface area (Å²) in [6.45, 7) is 4.04. The maximum Gasteiger partial charge on any atom is 0.220 e. The Morgan fingerprint density at radius 3 is 2.18 bits per heavy atom. The van der Waals surface area contributed by atoms with E-state index in [-0.39, 0.29) is 30.3 Å². The number of nitrogens with one attached hydrogen (secondary N) is 2. The molecule has 0 atom stereocenters. The number of carbonyl (C=O) groups excluding carboxylic acids is 2. The molecule has 1 heterocycles. The minimum atomic E-state index is -0.377. The number of halogens is 1. The first-order chi connectivity index (χ1) is 13.6. The number of quaternary nitrogens is 1. The average molecular weight is 383 g/mol. The predicted molar refractivity (Wildman–Crippen MR) is 107 cm³/mol. The van der Waals surface area contributed by atoms with E-state index < -0.39 is 0 Å². The van der Waals surface area contributed by atoms with E-state index in [1.54, 1.807) is 4.90 Å². The summed E-state index contributed by atoms with van der Waals surface area (Å²) in [5.41, 5.74) is 2.81. The van der Waals surface area contributed by atoms with Gasteiger partial charge in [0.2, 0.25) is 5.91 Å². The van der Waals surface area contributed by atoms with E-state index in [0.717, 1.165) is 12.1 Å². The van der Waals surface area contributed by atoms with Crippen LogP contribution in [0.2, 0.25) is 0 Å². The molecule has 1 fully saturated rings. The highest BCUT2D eigenvalue weighted by molar-refractivity contribution is 5.97. The van der Waals surface area contributed by atoms with Gasteiger partial charge < -0.3 is 10.2 Å². The number of likely N-dealkylation sites (tertiary alicyclic amines) is 1. The normalized spacial score (nSPS) is 14.6. The highest BCUT2D eigenvalue weighted by Crippen LogP contribution is 2.08. The van der Waals surface area contributed by atoms with Crippen molar-refractivity contribution < 1.29 is 18.9 Å². The van der Waals surface area contributed by atoms with Crippen LogP contribution in [0.5, 0.6) is 0 Å². The number of carbonyl (C=O) groups is 2. The lowest BCUT2D eigenvalue weighted by molar-refractivity contribution is -0.918. The topological polar surface area (TPSA) is 50.6 Å². The molecule has 5 heteroatoms. The van der Waals surface area contributed by atoms with Gasteiger partial charge in [0.25, 0.3) is 0 Å². The first-order valence-corrected chi connectivity index (χ1v) is 10.1. The monoisotopic (exact) mass is 383 g/mol. The lowest BCUT2D eigenvalue weighted by Crippen LogP contribution is -3.11. The van der Waals surface area contributed by atoms with Crippen molar-refractivity contribution in [3.05, 3.63) is 71.0 Å². The molecule has 2 N–H and O–H groups in total. The highest BCUT2D eigenvalue weighted by atomic mass is 19.1. The van der Waals surface area contributed by atoms with Crippen molar-refractivity contribution in [2.75, 3.05) is 13.1 Å². The third-order valence-corrected chi connectivity index (χ3v) is 5.27. The van der Waals surface area contributed by atoms with Crippen molar-refractivity contribution in [2.45, 2.75) is 45.2 Å². The summed E-state index contributed by atoms with van der Waals surface area (Å²) in [6, 6.07) is 13.8. The van der Waals surface area contributed by atoms with Crippen molar-refractivity contribution in [3.63, 3.8) is 0 Å². The van der Waals surface area contributed by atoms with Gasteiger partial charge in [-0.1, -0.05) is 24.3 Å². The zero-order valence-corrected chi connectivity index (χ0v) is 16.2. The number of ketones is 1. The van der Waals surface area contributed by atoms with Gasteiger partial charge in [0.1, 0.15) is 12.4 Å². The van der Waals surface area contributed by atoms with Crippen LogP contribution in [0.15, 0.2) is 48.5 Å². The highest BCUT2D eigenvalue weighted by Gasteiger charge is 2.14. The SMILES string of the molecule is O=C(CCC(=O)c1ccc(F)cc1)NCc1ccc(C[NH+]2CCCCC2)cc1. The number of amides is 1. The fourth-order valence-electron chi connectivity index (χ4n) is 3.59. The lowest BCUT2D eigenvalue weighted by Gasteiger charge is -2.23. The van der Waals surface area contributed by atoms with Gasteiger partial charge in [-0.05, 0) is 49.1 Å². The molecule has 0 spiro atoms. The maximum atomic E-state index is 12.9. The number of benzene rings is 2. The fraction of sp³-hybridized carbons (Fsp3) is 0.391. The molecule has 0 aliphatic carbocycles. The van der Waals surface area contributed by atoms with Crippen molar-refractivity contribution >= 4 is 11.7 Å². The van der Waals surface area contributed by atoms with Crippen LogP contribution in [-0.4, -0.2) is 24.8 Å². The van der Waals surface area contributed by atoms with Gasteiger partial charge >= 0.3 is 0 Å². The van der Waals surface area contributed by atoms with Crippen LogP contribution >= 0.6 is 0 Å². The summed E-state index contributed by atoms with van der Waals surface area (Å²) < 4.78 is 12.9. The molecule has 1 aliphatic heterocycles. The summed E-state index contributed by atoms with van der Waals surface area (Å²) in [5.74, 6) is -0.685. The first-order valence-electron chi connectivity index (χ1n) is 10.1. The zero-order valence-electron chi connectivity index (χ0n) is 16.2. The van der Waals surface area contributed by atoms with Crippen LogP contribution < -0.4 is 10.2 Å². The molecule has 0 bridgehead atoms. The van der Waals surface area contributed by atoms with Gasteiger partial charge in [-0.15, -0.1) is 0 Å². The van der Waals surface area contributed by atoms with E-state index in [9.17, 15) is 14.0 Å². The number of Topliss-reactive ketones (excluding diaryl/α,β-unsaturated/α-hetero) is 1. The fourth-order valence-corrected chi connectivity index (χ4v) is 3.59. The number of hydrogen-bond acceptors (Lipinski definition) is 2. The molecular formula is C23H28FN2O2+. The van der Waals surface area contributed by atoms with E-state index >= 15 is 0 Å². The molecule has 1 saturated heterocycles. The second kappa shape index (κ2) is 10.1. The minimum absolute atomic E-state index is 0.120. The number of rotatable bonds is 8. The molecule has 0 radical (unpaired) electrons. The summed E-state index contributed by atoms with van der Waals surface area (Å²) in [4.78, 5) is 25.7. The van der Waals surface area contributed by atoms with Crippen LogP contribution in [0.25, 0.3) is 0 Å². The third kappa shape index (κ3) is 6.27. The van der Waals surface area contributed by atoms with Gasteiger partial charge in [-0.2, -0.15) is 0 Å². The van der Waals surface area contributed by atoms with E-state index in [1.807, 2.05) is 0 Å². The Balaban J connectivity index is 1.39. The van der Waals surface area contributed by atoms with Crippen LogP contribution in [0.3, 0.4) is 0 Å². The number of piperidine rings is 1. The average Bonchev–Trinajstić information content (AvgIpc) is 2.73. The summed E-state index contributed by atoms with van der Waals surface area (Å²) in [7, 11) is 0. The van der Waals surface area contributed by atoms with Crippen LogP contribution in [0.4, 0.5) is 4.39 Å². The molecule has 1 aliphatic rings. The molecule has 0 aromatic heterocycles. The Bertz CT molecular complexity index is 781. The smallest absolute Gasteiger partial charge is 0.220 e. The van der Waals surface area contributed by atoms with Gasteiger partial charge in [0.15, 0.2) is 5.78 Å². The lowest BCUT2D eigenvalue weighted by atomic mass is 10.1. The molecule has 2 aromatic carbocycles. The molecule has 1 amide bonds. The van der Waals surface area contributed by atoms with Crippen LogP contribution in [0, 0.1) is 5.82 Å². The standard InChI is InChI=1S/C23H27FN2O2/c24-21-10-8-20(9-11-21)22(27)12-13-23(28)25-16-18-4-6-19(7-5-18)17-26-14-2-1-3-15-26/h4-11H,1-3,12-17H2,(H,25,28)/p+1. The summed E-state index contributed by atoms with van der Waals surface area (Å²) in [6.07, 6.45) is 4.26. The van der Waals surface area contributed by atoms with Gasteiger partial charge in [-0.25, -0.2) is 4.39 Å². The van der Waals surface area contributed by atoms with Crippen LogP contribution in [-0.2, 0) is 17.9 Å². The Labute approximate surface area is 165 Å². The minimum Gasteiger partial charge on any atom is -0.352 e. The van der Waals surface area contributed by atoms with Gasteiger partial charge in [0.05, 0.1) is 13.1 Å². The van der Waals surface area contributed by atoms with Crippen molar-refractivity contribution in [1.82, 2.24) is 5.32 Å². The van der Waals surface area contributed by atoms with E-state index in [4.69, 9.17) is 0 Å². The predicted octanol–water partition coefficient (Wildman–Crippen LogP) is 2.67.